The molecule has 114 valence electrons. The Morgan fingerprint density at radius 1 is 1.45 bits per heavy atom. The van der Waals surface area contributed by atoms with E-state index < -0.39 is 10.0 Å². The molecular formula is C14H24N2O2S2. The van der Waals surface area contributed by atoms with Gasteiger partial charge in [-0.15, -0.1) is 11.3 Å². The second kappa shape index (κ2) is 6.56. The minimum Gasteiger partial charge on any atom is -0.315 e. The molecule has 0 spiro atoms. The van der Waals surface area contributed by atoms with E-state index in [0.29, 0.717) is 23.2 Å². The zero-order chi connectivity index (χ0) is 14.8. The predicted molar refractivity (Wildman–Crippen MR) is 83.6 cm³/mol. The van der Waals surface area contributed by atoms with Crippen molar-refractivity contribution in [2.75, 3.05) is 20.1 Å². The van der Waals surface area contributed by atoms with Gasteiger partial charge in [0, 0.05) is 24.5 Å². The standard InChI is InChI=1S/C14H24N2O2S2/c1-4-7-16(10-12-5-6-12)20(17,18)14-8-11(2)13(19-14)9-15-3/h8,12,15H,4-7,9-10H2,1-3H3. The van der Waals surface area contributed by atoms with Gasteiger partial charge in [0.15, 0.2) is 0 Å². The van der Waals surface area contributed by atoms with Crippen LogP contribution in [-0.4, -0.2) is 32.9 Å². The summed E-state index contributed by atoms with van der Waals surface area (Å²) in [5.74, 6) is 0.578. The summed E-state index contributed by atoms with van der Waals surface area (Å²) in [7, 11) is -1.44. The molecule has 0 bridgehead atoms. The van der Waals surface area contributed by atoms with Gasteiger partial charge in [-0.25, -0.2) is 8.42 Å². The minimum atomic E-state index is -3.31. The third kappa shape index (κ3) is 3.61. The Bertz CT molecular complexity index is 548. The van der Waals surface area contributed by atoms with Gasteiger partial charge in [0.05, 0.1) is 0 Å². The van der Waals surface area contributed by atoms with Crippen LogP contribution in [-0.2, 0) is 16.6 Å². The number of hydrogen-bond donors (Lipinski definition) is 1. The van der Waals surface area contributed by atoms with Gasteiger partial charge in [-0.2, -0.15) is 4.31 Å². The van der Waals surface area contributed by atoms with Crippen molar-refractivity contribution < 1.29 is 8.42 Å². The van der Waals surface area contributed by atoms with Crippen molar-refractivity contribution >= 4 is 21.4 Å². The van der Waals surface area contributed by atoms with Gasteiger partial charge in [-0.05, 0) is 50.8 Å². The number of nitrogens with one attached hydrogen (secondary N) is 1. The molecule has 4 nitrogen and oxygen atoms in total. The molecule has 1 fully saturated rings. The van der Waals surface area contributed by atoms with Crippen molar-refractivity contribution in [3.63, 3.8) is 0 Å². The summed E-state index contributed by atoms with van der Waals surface area (Å²) in [6, 6.07) is 1.82. The molecular weight excluding hydrogens is 292 g/mol. The molecule has 1 saturated carbocycles. The van der Waals surface area contributed by atoms with Crippen molar-refractivity contribution in [3.8, 4) is 0 Å². The van der Waals surface area contributed by atoms with Crippen molar-refractivity contribution in [2.24, 2.45) is 5.92 Å². The maximum absolute atomic E-state index is 12.8. The Morgan fingerprint density at radius 2 is 2.15 bits per heavy atom. The molecule has 0 unspecified atom stereocenters. The number of sulfonamides is 1. The summed E-state index contributed by atoms with van der Waals surface area (Å²) in [5, 5.41) is 3.09. The highest BCUT2D eigenvalue weighted by molar-refractivity contribution is 7.91. The highest BCUT2D eigenvalue weighted by atomic mass is 32.2. The predicted octanol–water partition coefficient (Wildman–Crippen LogP) is 2.59. The van der Waals surface area contributed by atoms with Gasteiger partial charge in [-0.1, -0.05) is 6.92 Å². The van der Waals surface area contributed by atoms with Crippen LogP contribution in [0.25, 0.3) is 0 Å². The number of aryl methyl sites for hydroxylation is 1. The molecule has 1 aliphatic carbocycles. The molecule has 0 aliphatic heterocycles. The summed E-state index contributed by atoms with van der Waals surface area (Å²) in [5.41, 5.74) is 1.06. The first-order chi connectivity index (χ1) is 9.48. The normalized spacial score (nSPS) is 16.0. The van der Waals surface area contributed by atoms with Gasteiger partial charge < -0.3 is 5.32 Å². The van der Waals surface area contributed by atoms with Gasteiger partial charge >= 0.3 is 0 Å². The number of thiophene rings is 1. The maximum atomic E-state index is 12.8. The van der Waals surface area contributed by atoms with E-state index in [4.69, 9.17) is 0 Å². The van der Waals surface area contributed by atoms with Gasteiger partial charge in [0.1, 0.15) is 4.21 Å². The zero-order valence-corrected chi connectivity index (χ0v) is 14.1. The lowest BCUT2D eigenvalue weighted by molar-refractivity contribution is 0.397. The Balaban J connectivity index is 2.23. The smallest absolute Gasteiger partial charge is 0.252 e. The molecule has 2 rings (SSSR count). The number of nitrogens with zero attached hydrogens (tertiary/aromatic N) is 1. The van der Waals surface area contributed by atoms with Crippen molar-refractivity contribution in [2.45, 2.75) is 43.9 Å². The van der Waals surface area contributed by atoms with Crippen LogP contribution in [0.2, 0.25) is 0 Å². The summed E-state index contributed by atoms with van der Waals surface area (Å²) in [4.78, 5) is 1.11. The third-order valence-electron chi connectivity index (χ3n) is 3.56. The molecule has 0 radical (unpaired) electrons. The molecule has 1 heterocycles. The molecule has 1 aliphatic rings. The van der Waals surface area contributed by atoms with Gasteiger partial charge in [-0.3, -0.25) is 0 Å². The van der Waals surface area contributed by atoms with E-state index in [1.54, 1.807) is 4.31 Å². The topological polar surface area (TPSA) is 49.4 Å². The Labute approximate surface area is 126 Å². The molecule has 1 aromatic heterocycles. The van der Waals surface area contributed by atoms with Crippen molar-refractivity contribution in [3.05, 3.63) is 16.5 Å². The van der Waals surface area contributed by atoms with Gasteiger partial charge in [0.2, 0.25) is 0 Å². The van der Waals surface area contributed by atoms with Crippen molar-refractivity contribution in [1.82, 2.24) is 9.62 Å². The first-order valence-electron chi connectivity index (χ1n) is 7.23. The van der Waals surface area contributed by atoms with E-state index in [1.807, 2.05) is 27.0 Å². The van der Waals surface area contributed by atoms with E-state index in [9.17, 15) is 8.42 Å². The fraction of sp³-hybridized carbons (Fsp3) is 0.714. The Morgan fingerprint density at radius 3 is 2.70 bits per heavy atom. The lowest BCUT2D eigenvalue weighted by atomic mass is 10.3. The van der Waals surface area contributed by atoms with Crippen molar-refractivity contribution in [1.29, 1.82) is 0 Å². The maximum Gasteiger partial charge on any atom is 0.252 e. The molecule has 0 atom stereocenters. The third-order valence-corrected chi connectivity index (χ3v) is 7.11. The minimum absolute atomic E-state index is 0.495. The Kier molecular flexibility index (Phi) is 5.23. The SMILES string of the molecule is CCCN(CC1CC1)S(=O)(=O)c1cc(C)c(CNC)s1. The zero-order valence-electron chi connectivity index (χ0n) is 12.5. The second-order valence-electron chi connectivity index (χ2n) is 5.51. The monoisotopic (exact) mass is 316 g/mol. The second-order valence-corrected chi connectivity index (χ2v) is 8.81. The fourth-order valence-corrected chi connectivity index (χ4v) is 5.59. The summed E-state index contributed by atoms with van der Waals surface area (Å²) in [6.45, 7) is 6.04. The number of rotatable bonds is 8. The molecule has 1 aromatic rings. The first kappa shape index (κ1) is 15.9. The lowest BCUT2D eigenvalue weighted by Gasteiger charge is -2.20. The van der Waals surface area contributed by atoms with Crippen LogP contribution in [0.5, 0.6) is 0 Å². The quantitative estimate of drug-likeness (QED) is 0.802. The van der Waals surface area contributed by atoms with Gasteiger partial charge in [0.25, 0.3) is 10.0 Å². The molecule has 0 aromatic carbocycles. The van der Waals surface area contributed by atoms with Crippen LogP contribution >= 0.6 is 11.3 Å². The molecule has 6 heteroatoms. The average Bonchev–Trinajstić information content (AvgIpc) is 3.13. The fourth-order valence-electron chi connectivity index (χ4n) is 2.23. The van der Waals surface area contributed by atoms with E-state index in [1.165, 1.54) is 24.2 Å². The van der Waals surface area contributed by atoms with Crippen LogP contribution in [0.1, 0.15) is 36.6 Å². The molecule has 20 heavy (non-hydrogen) atoms. The molecule has 0 saturated heterocycles. The number of hydrogen-bond acceptors (Lipinski definition) is 4. The van der Waals surface area contributed by atoms with Crippen LogP contribution in [0.4, 0.5) is 0 Å². The average molecular weight is 316 g/mol. The van der Waals surface area contributed by atoms with E-state index >= 15 is 0 Å². The first-order valence-corrected chi connectivity index (χ1v) is 9.48. The van der Waals surface area contributed by atoms with E-state index in [2.05, 4.69) is 5.32 Å². The summed E-state index contributed by atoms with van der Waals surface area (Å²) >= 11 is 1.40. The lowest BCUT2D eigenvalue weighted by Crippen LogP contribution is -2.33. The largest absolute Gasteiger partial charge is 0.315 e. The van der Waals surface area contributed by atoms with Crippen LogP contribution < -0.4 is 5.32 Å². The van der Waals surface area contributed by atoms with E-state index in [0.717, 1.165) is 23.4 Å². The summed E-state index contributed by atoms with van der Waals surface area (Å²) < 4.78 is 27.7. The van der Waals surface area contributed by atoms with Crippen LogP contribution in [0.15, 0.2) is 10.3 Å². The summed E-state index contributed by atoms with van der Waals surface area (Å²) in [6.07, 6.45) is 3.20. The highest BCUT2D eigenvalue weighted by Gasteiger charge is 2.32. The highest BCUT2D eigenvalue weighted by Crippen LogP contribution is 2.34. The Hall–Kier alpha value is -0.430. The van der Waals surface area contributed by atoms with E-state index in [-0.39, 0.29) is 0 Å². The molecule has 0 amide bonds. The molecule has 1 N–H and O–H groups in total. The van der Waals surface area contributed by atoms with Crippen LogP contribution in [0.3, 0.4) is 0 Å². The van der Waals surface area contributed by atoms with Crippen LogP contribution in [0, 0.1) is 12.8 Å².